The van der Waals surface area contributed by atoms with Crippen LogP contribution in [0.2, 0.25) is 0 Å². The third kappa shape index (κ3) is 3.42. The van der Waals surface area contributed by atoms with Gasteiger partial charge >= 0.3 is 0 Å². The predicted octanol–water partition coefficient (Wildman–Crippen LogP) is -0.483. The van der Waals surface area contributed by atoms with Crippen molar-refractivity contribution in [3.63, 3.8) is 0 Å². The van der Waals surface area contributed by atoms with Crippen LogP contribution in [0.5, 0.6) is 0 Å². The molecule has 6 nitrogen and oxygen atoms in total. The number of rotatable bonds is 5. The summed E-state index contributed by atoms with van der Waals surface area (Å²) in [6.07, 6.45) is -1.12. The van der Waals surface area contributed by atoms with E-state index in [1.54, 1.807) is 19.9 Å². The molecule has 0 radical (unpaired) electrons. The third-order valence-corrected chi connectivity index (χ3v) is 4.20. The summed E-state index contributed by atoms with van der Waals surface area (Å²) in [5.74, 6) is 0. The van der Waals surface area contributed by atoms with Gasteiger partial charge in [-0.2, -0.15) is 0 Å². The van der Waals surface area contributed by atoms with Crippen molar-refractivity contribution in [3.8, 4) is 0 Å². The van der Waals surface area contributed by atoms with Gasteiger partial charge in [-0.25, -0.2) is 13.1 Å². The monoisotopic (exact) mass is 274 g/mol. The van der Waals surface area contributed by atoms with Gasteiger partial charge in [-0.05, 0) is 37.1 Å². The van der Waals surface area contributed by atoms with Gasteiger partial charge in [-0.1, -0.05) is 0 Å². The molecule has 7 heteroatoms. The molecule has 1 aromatic rings. The summed E-state index contributed by atoms with van der Waals surface area (Å²) in [4.78, 5) is 0.0881. The molecule has 5 N–H and O–H groups in total. The molecule has 0 aromatic heterocycles. The van der Waals surface area contributed by atoms with E-state index < -0.39 is 22.7 Å². The molecule has 0 saturated heterocycles. The molecule has 1 unspecified atom stereocenters. The standard InChI is InChI=1S/C11H18N2O4S/c1-7-3-9(12)4-11(8(7)2)18(16,17)13-5-10(15)6-14/h3-4,10,13-15H,5-6,12H2,1-2H3. The molecule has 0 spiro atoms. The summed E-state index contributed by atoms with van der Waals surface area (Å²) in [6, 6.07) is 3.06. The van der Waals surface area contributed by atoms with Crippen LogP contribution in [0.25, 0.3) is 0 Å². The average Bonchev–Trinajstić information content (AvgIpc) is 2.30. The maximum absolute atomic E-state index is 12.0. The Balaban J connectivity index is 3.05. The number of benzene rings is 1. The maximum Gasteiger partial charge on any atom is 0.241 e. The maximum atomic E-state index is 12.0. The zero-order valence-corrected chi connectivity index (χ0v) is 11.2. The summed E-state index contributed by atoms with van der Waals surface area (Å²) in [6.45, 7) is 2.71. The van der Waals surface area contributed by atoms with Crippen LogP contribution < -0.4 is 10.5 Å². The Morgan fingerprint density at radius 1 is 1.39 bits per heavy atom. The van der Waals surface area contributed by atoms with E-state index in [0.717, 1.165) is 5.56 Å². The van der Waals surface area contributed by atoms with Gasteiger partial charge in [0.25, 0.3) is 0 Å². The molecule has 0 aliphatic heterocycles. The van der Waals surface area contributed by atoms with Crippen LogP contribution in [0.4, 0.5) is 5.69 Å². The molecule has 102 valence electrons. The number of sulfonamides is 1. The zero-order chi connectivity index (χ0) is 13.9. The highest BCUT2D eigenvalue weighted by Crippen LogP contribution is 2.22. The average molecular weight is 274 g/mol. The molecule has 0 amide bonds. The van der Waals surface area contributed by atoms with E-state index in [1.165, 1.54) is 6.07 Å². The first kappa shape index (κ1) is 14.9. The second-order valence-corrected chi connectivity index (χ2v) is 5.88. The SMILES string of the molecule is Cc1cc(N)cc(S(=O)(=O)NCC(O)CO)c1C. The largest absolute Gasteiger partial charge is 0.399 e. The predicted molar refractivity (Wildman–Crippen MR) is 68.6 cm³/mol. The fraction of sp³-hybridized carbons (Fsp3) is 0.455. The van der Waals surface area contributed by atoms with Crippen molar-refractivity contribution in [2.75, 3.05) is 18.9 Å². The smallest absolute Gasteiger partial charge is 0.241 e. The van der Waals surface area contributed by atoms with Crippen LogP contribution in [0.1, 0.15) is 11.1 Å². The van der Waals surface area contributed by atoms with E-state index in [4.69, 9.17) is 15.9 Å². The number of hydrogen-bond acceptors (Lipinski definition) is 5. The van der Waals surface area contributed by atoms with Gasteiger partial charge in [0.15, 0.2) is 0 Å². The molecule has 0 bridgehead atoms. The van der Waals surface area contributed by atoms with Gasteiger partial charge in [0.2, 0.25) is 10.0 Å². The first-order valence-electron chi connectivity index (χ1n) is 5.43. The minimum Gasteiger partial charge on any atom is -0.399 e. The lowest BCUT2D eigenvalue weighted by atomic mass is 10.1. The topological polar surface area (TPSA) is 113 Å². The first-order chi connectivity index (χ1) is 8.27. The highest BCUT2D eigenvalue weighted by atomic mass is 32.2. The van der Waals surface area contributed by atoms with Gasteiger partial charge in [0.05, 0.1) is 17.6 Å². The van der Waals surface area contributed by atoms with E-state index in [9.17, 15) is 8.42 Å². The van der Waals surface area contributed by atoms with E-state index >= 15 is 0 Å². The van der Waals surface area contributed by atoms with Crippen LogP contribution in [0.15, 0.2) is 17.0 Å². The number of anilines is 1. The molecule has 1 rings (SSSR count). The molecule has 0 aliphatic rings. The number of aryl methyl sites for hydroxylation is 1. The van der Waals surface area contributed by atoms with Crippen LogP contribution in [0.3, 0.4) is 0 Å². The molecule has 0 heterocycles. The lowest BCUT2D eigenvalue weighted by Gasteiger charge is -2.13. The second kappa shape index (κ2) is 5.66. The minimum atomic E-state index is -3.74. The Kier molecular flexibility index (Phi) is 4.69. The summed E-state index contributed by atoms with van der Waals surface area (Å²) >= 11 is 0. The highest BCUT2D eigenvalue weighted by molar-refractivity contribution is 7.89. The molecular weight excluding hydrogens is 256 g/mol. The summed E-state index contributed by atoms with van der Waals surface area (Å²) in [5, 5.41) is 17.8. The Morgan fingerprint density at radius 2 is 2.00 bits per heavy atom. The first-order valence-corrected chi connectivity index (χ1v) is 6.91. The minimum absolute atomic E-state index is 0.0881. The van der Waals surface area contributed by atoms with Crippen LogP contribution in [-0.2, 0) is 10.0 Å². The van der Waals surface area contributed by atoms with Crippen LogP contribution in [-0.4, -0.2) is 37.9 Å². The molecule has 1 aromatic carbocycles. The summed E-state index contributed by atoms with van der Waals surface area (Å²) in [7, 11) is -3.74. The van der Waals surface area contributed by atoms with E-state index in [0.29, 0.717) is 11.3 Å². The van der Waals surface area contributed by atoms with Crippen molar-refractivity contribution in [3.05, 3.63) is 23.3 Å². The lowest BCUT2D eigenvalue weighted by molar-refractivity contribution is 0.0988. The van der Waals surface area contributed by atoms with Crippen molar-refractivity contribution in [1.29, 1.82) is 0 Å². The number of nitrogens with one attached hydrogen (secondary N) is 1. The van der Waals surface area contributed by atoms with Crippen LogP contribution in [0, 0.1) is 13.8 Å². The normalized spacial score (nSPS) is 13.6. The lowest BCUT2D eigenvalue weighted by Crippen LogP contribution is -2.34. The second-order valence-electron chi connectivity index (χ2n) is 4.15. The number of nitrogens with two attached hydrogens (primary N) is 1. The fourth-order valence-electron chi connectivity index (χ4n) is 1.48. The van der Waals surface area contributed by atoms with E-state index in [2.05, 4.69) is 4.72 Å². The Labute approximate surface area is 106 Å². The molecule has 0 saturated carbocycles. The highest BCUT2D eigenvalue weighted by Gasteiger charge is 2.19. The Morgan fingerprint density at radius 3 is 2.56 bits per heavy atom. The van der Waals surface area contributed by atoms with Crippen molar-refractivity contribution in [2.24, 2.45) is 0 Å². The quantitative estimate of drug-likeness (QED) is 0.542. The summed E-state index contributed by atoms with van der Waals surface area (Å²) in [5.41, 5.74) is 7.37. The molecule has 0 fully saturated rings. The van der Waals surface area contributed by atoms with Gasteiger partial charge in [-0.15, -0.1) is 0 Å². The Hall–Kier alpha value is -1.15. The fourth-order valence-corrected chi connectivity index (χ4v) is 2.90. The third-order valence-electron chi connectivity index (χ3n) is 2.65. The van der Waals surface area contributed by atoms with Crippen molar-refractivity contribution < 1.29 is 18.6 Å². The zero-order valence-electron chi connectivity index (χ0n) is 10.3. The van der Waals surface area contributed by atoms with Gasteiger partial charge < -0.3 is 15.9 Å². The number of nitrogen functional groups attached to an aromatic ring is 1. The molecule has 1 atom stereocenters. The van der Waals surface area contributed by atoms with E-state index in [-0.39, 0.29) is 11.4 Å². The van der Waals surface area contributed by atoms with Crippen molar-refractivity contribution >= 4 is 15.7 Å². The van der Waals surface area contributed by atoms with Crippen molar-refractivity contribution in [1.82, 2.24) is 4.72 Å². The van der Waals surface area contributed by atoms with Crippen LogP contribution >= 0.6 is 0 Å². The summed E-state index contributed by atoms with van der Waals surface area (Å²) < 4.78 is 26.3. The molecular formula is C11H18N2O4S. The van der Waals surface area contributed by atoms with Gasteiger partial charge in [0.1, 0.15) is 0 Å². The number of hydrogen-bond donors (Lipinski definition) is 4. The molecule has 0 aliphatic carbocycles. The number of aliphatic hydroxyl groups is 2. The van der Waals surface area contributed by atoms with Crippen molar-refractivity contribution in [2.45, 2.75) is 24.8 Å². The van der Waals surface area contributed by atoms with Gasteiger partial charge in [0, 0.05) is 12.2 Å². The van der Waals surface area contributed by atoms with Gasteiger partial charge in [-0.3, -0.25) is 0 Å². The molecule has 18 heavy (non-hydrogen) atoms. The van der Waals surface area contributed by atoms with E-state index in [1.807, 2.05) is 0 Å². The number of aliphatic hydroxyl groups excluding tert-OH is 2. The Bertz CT molecular complexity index is 528.